The van der Waals surface area contributed by atoms with Crippen molar-refractivity contribution in [2.45, 2.75) is 19.8 Å². The van der Waals surface area contributed by atoms with Gasteiger partial charge in [-0.05, 0) is 24.6 Å². The Labute approximate surface area is 107 Å². The SMILES string of the molecule is CCCCOCCNc1ccc(C(=O)O)cc1N. The summed E-state index contributed by atoms with van der Waals surface area (Å²) < 4.78 is 5.40. The first-order valence-corrected chi connectivity index (χ1v) is 6.09. The fourth-order valence-electron chi connectivity index (χ4n) is 1.46. The van der Waals surface area contributed by atoms with Crippen LogP contribution in [0.4, 0.5) is 11.4 Å². The number of hydrogen-bond donors (Lipinski definition) is 3. The van der Waals surface area contributed by atoms with Crippen LogP contribution in [0.2, 0.25) is 0 Å². The van der Waals surface area contributed by atoms with E-state index in [0.717, 1.165) is 25.1 Å². The first kappa shape index (κ1) is 14.3. The van der Waals surface area contributed by atoms with Crippen molar-refractivity contribution in [3.63, 3.8) is 0 Å². The number of benzene rings is 1. The number of unbranched alkanes of at least 4 members (excludes halogenated alkanes) is 1. The lowest BCUT2D eigenvalue weighted by Gasteiger charge is -2.10. The fraction of sp³-hybridized carbons (Fsp3) is 0.462. The molecule has 0 saturated carbocycles. The van der Waals surface area contributed by atoms with Gasteiger partial charge in [0.25, 0.3) is 0 Å². The van der Waals surface area contributed by atoms with E-state index in [0.29, 0.717) is 18.8 Å². The second-order valence-corrected chi connectivity index (χ2v) is 4.00. The molecule has 0 aliphatic carbocycles. The van der Waals surface area contributed by atoms with Crippen LogP contribution in [0.25, 0.3) is 0 Å². The molecule has 0 bridgehead atoms. The smallest absolute Gasteiger partial charge is 0.335 e. The number of ether oxygens (including phenoxy) is 1. The van der Waals surface area contributed by atoms with E-state index in [1.807, 2.05) is 0 Å². The standard InChI is InChI=1S/C13H20N2O3/c1-2-3-7-18-8-6-15-12-5-4-10(13(16)17)9-11(12)14/h4-5,9,15H,2-3,6-8,14H2,1H3,(H,16,17). The third-order valence-electron chi connectivity index (χ3n) is 2.50. The van der Waals surface area contributed by atoms with E-state index in [-0.39, 0.29) is 5.56 Å². The van der Waals surface area contributed by atoms with E-state index in [1.54, 1.807) is 6.07 Å². The lowest BCUT2D eigenvalue weighted by molar-refractivity contribution is 0.0697. The second kappa shape index (κ2) is 7.55. The van der Waals surface area contributed by atoms with Crippen molar-refractivity contribution >= 4 is 17.3 Å². The minimum absolute atomic E-state index is 0.192. The van der Waals surface area contributed by atoms with Crippen molar-refractivity contribution in [3.05, 3.63) is 23.8 Å². The molecule has 0 spiro atoms. The van der Waals surface area contributed by atoms with Gasteiger partial charge in [-0.25, -0.2) is 4.79 Å². The Balaban J connectivity index is 2.36. The maximum atomic E-state index is 10.7. The molecule has 0 saturated heterocycles. The molecule has 0 unspecified atom stereocenters. The number of hydrogen-bond acceptors (Lipinski definition) is 4. The Hall–Kier alpha value is -1.75. The van der Waals surface area contributed by atoms with Gasteiger partial charge in [0.15, 0.2) is 0 Å². The third-order valence-corrected chi connectivity index (χ3v) is 2.50. The number of anilines is 2. The van der Waals surface area contributed by atoms with Gasteiger partial charge >= 0.3 is 5.97 Å². The zero-order valence-electron chi connectivity index (χ0n) is 10.6. The lowest BCUT2D eigenvalue weighted by atomic mass is 10.2. The summed E-state index contributed by atoms with van der Waals surface area (Å²) in [5.41, 5.74) is 7.12. The molecule has 5 heteroatoms. The van der Waals surface area contributed by atoms with Crippen molar-refractivity contribution in [2.75, 3.05) is 30.8 Å². The summed E-state index contributed by atoms with van der Waals surface area (Å²) in [6.45, 7) is 4.15. The summed E-state index contributed by atoms with van der Waals surface area (Å²) in [4.78, 5) is 10.7. The zero-order chi connectivity index (χ0) is 13.4. The van der Waals surface area contributed by atoms with Crippen molar-refractivity contribution in [3.8, 4) is 0 Å². The van der Waals surface area contributed by atoms with Gasteiger partial charge in [0.1, 0.15) is 0 Å². The molecule has 1 aromatic rings. The number of carbonyl (C=O) groups is 1. The highest BCUT2D eigenvalue weighted by atomic mass is 16.5. The molecule has 0 aliphatic heterocycles. The Bertz CT molecular complexity index is 394. The molecule has 0 heterocycles. The summed E-state index contributed by atoms with van der Waals surface area (Å²) in [7, 11) is 0. The van der Waals surface area contributed by atoms with Gasteiger partial charge in [0.2, 0.25) is 0 Å². The van der Waals surface area contributed by atoms with Crippen LogP contribution in [-0.2, 0) is 4.74 Å². The first-order valence-electron chi connectivity index (χ1n) is 6.09. The maximum Gasteiger partial charge on any atom is 0.335 e. The molecule has 18 heavy (non-hydrogen) atoms. The van der Waals surface area contributed by atoms with Crippen molar-refractivity contribution in [1.29, 1.82) is 0 Å². The van der Waals surface area contributed by atoms with Crippen LogP contribution in [0.1, 0.15) is 30.1 Å². The summed E-state index contributed by atoms with van der Waals surface area (Å²) in [5.74, 6) is -0.976. The molecule has 0 radical (unpaired) electrons. The van der Waals surface area contributed by atoms with Crippen molar-refractivity contribution in [1.82, 2.24) is 0 Å². The third kappa shape index (κ3) is 4.63. The molecular weight excluding hydrogens is 232 g/mol. The van der Waals surface area contributed by atoms with Gasteiger partial charge in [-0.2, -0.15) is 0 Å². The molecule has 100 valence electrons. The molecule has 5 nitrogen and oxygen atoms in total. The van der Waals surface area contributed by atoms with Crippen LogP contribution < -0.4 is 11.1 Å². The van der Waals surface area contributed by atoms with Crippen LogP contribution >= 0.6 is 0 Å². The van der Waals surface area contributed by atoms with Crippen LogP contribution in [-0.4, -0.2) is 30.8 Å². The number of nitrogens with two attached hydrogens (primary N) is 1. The Kier molecular flexibility index (Phi) is 6.00. The van der Waals surface area contributed by atoms with E-state index >= 15 is 0 Å². The molecule has 0 aliphatic rings. The van der Waals surface area contributed by atoms with Crippen molar-refractivity contribution < 1.29 is 14.6 Å². The highest BCUT2D eigenvalue weighted by molar-refractivity contribution is 5.90. The summed E-state index contributed by atoms with van der Waals surface area (Å²) in [6, 6.07) is 4.65. The van der Waals surface area contributed by atoms with Gasteiger partial charge in [0.05, 0.1) is 23.5 Å². The Morgan fingerprint density at radius 3 is 2.83 bits per heavy atom. The van der Waals surface area contributed by atoms with E-state index < -0.39 is 5.97 Å². The summed E-state index contributed by atoms with van der Waals surface area (Å²) >= 11 is 0. The molecule has 1 aromatic carbocycles. The first-order chi connectivity index (χ1) is 8.65. The average molecular weight is 252 g/mol. The maximum absolute atomic E-state index is 10.7. The normalized spacial score (nSPS) is 10.3. The number of nitrogen functional groups attached to an aromatic ring is 1. The van der Waals surface area contributed by atoms with Crippen LogP contribution in [0, 0.1) is 0 Å². The topological polar surface area (TPSA) is 84.6 Å². The lowest BCUT2D eigenvalue weighted by Crippen LogP contribution is -2.11. The Morgan fingerprint density at radius 1 is 1.44 bits per heavy atom. The number of carboxylic acid groups (broad SMARTS) is 1. The minimum atomic E-state index is -0.976. The van der Waals surface area contributed by atoms with E-state index in [2.05, 4.69) is 12.2 Å². The Morgan fingerprint density at radius 2 is 2.22 bits per heavy atom. The number of rotatable bonds is 8. The molecule has 0 fully saturated rings. The molecule has 4 N–H and O–H groups in total. The average Bonchev–Trinajstić information content (AvgIpc) is 2.35. The predicted molar refractivity (Wildman–Crippen MR) is 72.0 cm³/mol. The van der Waals surface area contributed by atoms with Gasteiger partial charge in [-0.1, -0.05) is 13.3 Å². The highest BCUT2D eigenvalue weighted by Gasteiger charge is 2.05. The number of nitrogens with one attached hydrogen (secondary N) is 1. The van der Waals surface area contributed by atoms with E-state index in [9.17, 15) is 4.79 Å². The molecule has 0 aromatic heterocycles. The molecule has 1 rings (SSSR count). The summed E-state index contributed by atoms with van der Waals surface area (Å²) in [6.07, 6.45) is 2.19. The predicted octanol–water partition coefficient (Wildman–Crippen LogP) is 2.20. The number of carboxylic acids is 1. The highest BCUT2D eigenvalue weighted by Crippen LogP contribution is 2.19. The van der Waals surface area contributed by atoms with Crippen LogP contribution in [0.15, 0.2) is 18.2 Å². The van der Waals surface area contributed by atoms with E-state index in [4.69, 9.17) is 15.6 Å². The van der Waals surface area contributed by atoms with Gasteiger partial charge in [-0.15, -0.1) is 0 Å². The van der Waals surface area contributed by atoms with E-state index in [1.165, 1.54) is 12.1 Å². The van der Waals surface area contributed by atoms with Gasteiger partial charge in [-0.3, -0.25) is 0 Å². The fourth-order valence-corrected chi connectivity index (χ4v) is 1.46. The van der Waals surface area contributed by atoms with Gasteiger partial charge in [0, 0.05) is 13.2 Å². The number of aromatic carboxylic acids is 1. The largest absolute Gasteiger partial charge is 0.478 e. The zero-order valence-corrected chi connectivity index (χ0v) is 10.6. The molecule has 0 amide bonds. The minimum Gasteiger partial charge on any atom is -0.478 e. The van der Waals surface area contributed by atoms with Crippen molar-refractivity contribution in [2.24, 2.45) is 0 Å². The quantitative estimate of drug-likeness (QED) is 0.488. The van der Waals surface area contributed by atoms with Crippen LogP contribution in [0.3, 0.4) is 0 Å². The van der Waals surface area contributed by atoms with Gasteiger partial charge < -0.3 is 20.9 Å². The molecular formula is C13H20N2O3. The van der Waals surface area contributed by atoms with Crippen LogP contribution in [0.5, 0.6) is 0 Å². The summed E-state index contributed by atoms with van der Waals surface area (Å²) in [5, 5.41) is 11.9. The second-order valence-electron chi connectivity index (χ2n) is 4.00. The monoisotopic (exact) mass is 252 g/mol. The molecule has 0 atom stereocenters.